The number of anilines is 1. The van der Waals surface area contributed by atoms with E-state index in [2.05, 4.69) is 20.9 Å². The van der Waals surface area contributed by atoms with Crippen molar-refractivity contribution in [3.63, 3.8) is 0 Å². The highest BCUT2D eigenvalue weighted by molar-refractivity contribution is 9.10. The number of aromatic nitrogens is 1. The molecule has 0 radical (unpaired) electrons. The first-order valence-electron chi connectivity index (χ1n) is 3.83. The molecule has 0 atom stereocenters. The summed E-state index contributed by atoms with van der Waals surface area (Å²) < 4.78 is 18.1. The molecule has 5 heteroatoms. The summed E-state index contributed by atoms with van der Waals surface area (Å²) in [4.78, 5) is 3.92. The van der Waals surface area contributed by atoms with Crippen LogP contribution >= 0.6 is 15.9 Å². The lowest BCUT2D eigenvalue weighted by atomic mass is 10.2. The molecular formula is C9H6BrFN2O. The lowest BCUT2D eigenvalue weighted by Crippen LogP contribution is -1.84. The summed E-state index contributed by atoms with van der Waals surface area (Å²) in [6.45, 7) is 0. The Kier molecular flexibility index (Phi) is 2.25. The summed E-state index contributed by atoms with van der Waals surface area (Å²) in [5.74, 6) is -0.315. The van der Waals surface area contributed by atoms with Gasteiger partial charge in [-0.2, -0.15) is 4.98 Å². The molecule has 0 aliphatic heterocycles. The van der Waals surface area contributed by atoms with E-state index in [1.165, 1.54) is 12.3 Å². The summed E-state index contributed by atoms with van der Waals surface area (Å²) in [7, 11) is 0. The fourth-order valence-electron chi connectivity index (χ4n) is 1.08. The summed E-state index contributed by atoms with van der Waals surface area (Å²) >= 11 is 3.09. The van der Waals surface area contributed by atoms with E-state index in [-0.39, 0.29) is 11.8 Å². The Bertz CT molecular complexity index is 470. The lowest BCUT2D eigenvalue weighted by Gasteiger charge is -1.97. The standard InChI is InChI=1S/C9H6BrFN2O/c10-6-3-5(1-2-7(6)11)8-4-14-9(12)13-8/h1-4H,(H2,12,13). The Morgan fingerprint density at radius 3 is 2.79 bits per heavy atom. The van der Waals surface area contributed by atoms with Crippen LogP contribution in [0.15, 0.2) is 33.4 Å². The minimum atomic E-state index is -0.315. The largest absolute Gasteiger partial charge is 0.432 e. The summed E-state index contributed by atoms with van der Waals surface area (Å²) in [6, 6.07) is 4.68. The van der Waals surface area contributed by atoms with Crippen molar-refractivity contribution in [3.05, 3.63) is 34.8 Å². The van der Waals surface area contributed by atoms with Crippen molar-refractivity contribution in [1.82, 2.24) is 4.98 Å². The zero-order valence-corrected chi connectivity index (χ0v) is 8.58. The molecule has 1 aromatic heterocycles. The van der Waals surface area contributed by atoms with Gasteiger partial charge in [-0.15, -0.1) is 0 Å². The van der Waals surface area contributed by atoms with Crippen molar-refractivity contribution in [1.29, 1.82) is 0 Å². The molecule has 0 amide bonds. The monoisotopic (exact) mass is 256 g/mol. The Balaban J connectivity index is 2.47. The summed E-state index contributed by atoms with van der Waals surface area (Å²) in [5, 5.41) is 0. The number of nitrogens with zero attached hydrogens (tertiary/aromatic N) is 1. The average molecular weight is 257 g/mol. The van der Waals surface area contributed by atoms with Gasteiger partial charge >= 0.3 is 0 Å². The molecule has 1 aromatic carbocycles. The van der Waals surface area contributed by atoms with Crippen LogP contribution in [0.4, 0.5) is 10.4 Å². The van der Waals surface area contributed by atoms with Gasteiger partial charge < -0.3 is 10.2 Å². The minimum Gasteiger partial charge on any atom is -0.432 e. The SMILES string of the molecule is Nc1nc(-c2ccc(F)c(Br)c2)co1. The van der Waals surface area contributed by atoms with E-state index >= 15 is 0 Å². The molecule has 0 aliphatic carbocycles. The van der Waals surface area contributed by atoms with Gasteiger partial charge in [0.05, 0.1) is 4.47 Å². The third-order valence-corrected chi connectivity index (χ3v) is 2.35. The van der Waals surface area contributed by atoms with Crippen LogP contribution in [-0.2, 0) is 0 Å². The highest BCUT2D eigenvalue weighted by Gasteiger charge is 2.06. The lowest BCUT2D eigenvalue weighted by molar-refractivity contribution is 0.581. The van der Waals surface area contributed by atoms with Crippen molar-refractivity contribution in [2.24, 2.45) is 0 Å². The molecule has 0 saturated heterocycles. The second-order valence-corrected chi connectivity index (χ2v) is 3.55. The molecule has 0 aliphatic rings. The highest BCUT2D eigenvalue weighted by atomic mass is 79.9. The maximum Gasteiger partial charge on any atom is 0.292 e. The van der Waals surface area contributed by atoms with Gasteiger partial charge in [0.1, 0.15) is 17.8 Å². The fourth-order valence-corrected chi connectivity index (χ4v) is 1.45. The smallest absolute Gasteiger partial charge is 0.292 e. The number of benzene rings is 1. The van der Waals surface area contributed by atoms with Gasteiger partial charge in [0.2, 0.25) is 0 Å². The van der Waals surface area contributed by atoms with E-state index in [1.54, 1.807) is 12.1 Å². The first-order valence-corrected chi connectivity index (χ1v) is 4.62. The number of rotatable bonds is 1. The predicted molar refractivity (Wildman–Crippen MR) is 54.0 cm³/mol. The molecule has 2 aromatic rings. The maximum absolute atomic E-state index is 12.9. The third-order valence-electron chi connectivity index (χ3n) is 1.74. The van der Waals surface area contributed by atoms with E-state index in [0.29, 0.717) is 10.2 Å². The van der Waals surface area contributed by atoms with Gasteiger partial charge in [0.25, 0.3) is 6.01 Å². The van der Waals surface area contributed by atoms with E-state index in [1.807, 2.05) is 0 Å². The van der Waals surface area contributed by atoms with E-state index in [0.717, 1.165) is 5.56 Å². The molecule has 1 heterocycles. The Labute approximate surface area is 87.9 Å². The van der Waals surface area contributed by atoms with Crippen LogP contribution in [0.1, 0.15) is 0 Å². The molecule has 0 unspecified atom stereocenters. The van der Waals surface area contributed by atoms with Crippen LogP contribution in [-0.4, -0.2) is 4.98 Å². The van der Waals surface area contributed by atoms with Gasteiger partial charge in [0, 0.05) is 5.56 Å². The van der Waals surface area contributed by atoms with Gasteiger partial charge in [-0.25, -0.2) is 4.39 Å². The van der Waals surface area contributed by atoms with Gasteiger partial charge in [0.15, 0.2) is 0 Å². The van der Waals surface area contributed by atoms with Gasteiger partial charge in [-0.05, 0) is 34.1 Å². The summed E-state index contributed by atoms with van der Waals surface area (Å²) in [5.41, 5.74) is 6.66. The quantitative estimate of drug-likeness (QED) is 0.854. The van der Waals surface area contributed by atoms with Crippen LogP contribution in [0.2, 0.25) is 0 Å². The first-order chi connectivity index (χ1) is 6.66. The topological polar surface area (TPSA) is 52.0 Å². The zero-order valence-electron chi connectivity index (χ0n) is 7.00. The number of nitrogens with two attached hydrogens (primary N) is 1. The van der Waals surface area contributed by atoms with Crippen molar-refractivity contribution >= 4 is 21.9 Å². The third kappa shape index (κ3) is 1.63. The normalized spacial score (nSPS) is 10.4. The molecule has 2 N–H and O–H groups in total. The maximum atomic E-state index is 12.9. The van der Waals surface area contributed by atoms with E-state index in [4.69, 9.17) is 10.2 Å². The van der Waals surface area contributed by atoms with Gasteiger partial charge in [-0.1, -0.05) is 0 Å². The van der Waals surface area contributed by atoms with Crippen LogP contribution in [0.25, 0.3) is 11.3 Å². The van der Waals surface area contributed by atoms with Crippen molar-refractivity contribution in [2.45, 2.75) is 0 Å². The van der Waals surface area contributed by atoms with Crippen molar-refractivity contribution in [2.75, 3.05) is 5.73 Å². The second kappa shape index (κ2) is 3.42. The molecule has 72 valence electrons. The fraction of sp³-hybridized carbons (Fsp3) is 0. The number of oxazole rings is 1. The predicted octanol–water partition coefficient (Wildman–Crippen LogP) is 2.83. The number of nitrogen functional groups attached to an aromatic ring is 1. The number of hydrogen-bond acceptors (Lipinski definition) is 3. The Morgan fingerprint density at radius 1 is 1.43 bits per heavy atom. The van der Waals surface area contributed by atoms with Crippen LogP contribution in [0.5, 0.6) is 0 Å². The second-order valence-electron chi connectivity index (χ2n) is 2.70. The van der Waals surface area contributed by atoms with Crippen molar-refractivity contribution in [3.8, 4) is 11.3 Å². The molecule has 0 bridgehead atoms. The molecule has 14 heavy (non-hydrogen) atoms. The van der Waals surface area contributed by atoms with Crippen LogP contribution < -0.4 is 5.73 Å². The Hall–Kier alpha value is -1.36. The van der Waals surface area contributed by atoms with Crippen molar-refractivity contribution < 1.29 is 8.81 Å². The average Bonchev–Trinajstić information content (AvgIpc) is 2.57. The number of hydrogen-bond donors (Lipinski definition) is 1. The highest BCUT2D eigenvalue weighted by Crippen LogP contribution is 2.24. The molecule has 0 fully saturated rings. The van der Waals surface area contributed by atoms with Crippen LogP contribution in [0, 0.1) is 5.82 Å². The summed E-state index contributed by atoms with van der Waals surface area (Å²) in [6.07, 6.45) is 1.43. The van der Waals surface area contributed by atoms with Crippen LogP contribution in [0.3, 0.4) is 0 Å². The zero-order chi connectivity index (χ0) is 10.1. The first kappa shape index (κ1) is 9.21. The van der Waals surface area contributed by atoms with E-state index < -0.39 is 0 Å². The number of halogens is 2. The molecule has 0 spiro atoms. The molecule has 0 saturated carbocycles. The minimum absolute atomic E-state index is 0.0976. The molecular weight excluding hydrogens is 251 g/mol. The Morgan fingerprint density at radius 2 is 2.21 bits per heavy atom. The van der Waals surface area contributed by atoms with E-state index in [9.17, 15) is 4.39 Å². The molecule has 3 nitrogen and oxygen atoms in total. The molecule has 2 rings (SSSR count). The van der Waals surface area contributed by atoms with Gasteiger partial charge in [-0.3, -0.25) is 0 Å².